The van der Waals surface area contributed by atoms with E-state index >= 15 is 0 Å². The lowest BCUT2D eigenvalue weighted by molar-refractivity contribution is -0.157. The number of pyridine rings is 1. The van der Waals surface area contributed by atoms with Gasteiger partial charge in [0.25, 0.3) is 0 Å². The predicted molar refractivity (Wildman–Crippen MR) is 119 cm³/mol. The Morgan fingerprint density at radius 2 is 1.79 bits per heavy atom. The van der Waals surface area contributed by atoms with Gasteiger partial charge in [0, 0.05) is 26.2 Å². The van der Waals surface area contributed by atoms with Gasteiger partial charge in [0.15, 0.2) is 11.2 Å². The Morgan fingerprint density at radius 3 is 2.42 bits per heavy atom. The molecule has 7 nitrogen and oxygen atoms in total. The van der Waals surface area contributed by atoms with E-state index < -0.39 is 29.1 Å². The zero-order chi connectivity index (χ0) is 23.4. The van der Waals surface area contributed by atoms with Crippen LogP contribution in [0.3, 0.4) is 0 Å². The van der Waals surface area contributed by atoms with Crippen LogP contribution >= 0.6 is 0 Å². The first-order valence-electron chi connectivity index (χ1n) is 10.7. The Bertz CT molecular complexity index is 1250. The van der Waals surface area contributed by atoms with Crippen molar-refractivity contribution in [2.24, 2.45) is 5.92 Å². The minimum Gasteiger partial charge on any atom is -0.476 e. The minimum atomic E-state index is -2.01. The summed E-state index contributed by atoms with van der Waals surface area (Å²) in [7, 11) is 3.24. The monoisotopic (exact) mass is 441 g/mol. The van der Waals surface area contributed by atoms with Crippen LogP contribution < -0.4 is 4.74 Å². The summed E-state index contributed by atoms with van der Waals surface area (Å²) in [6.07, 6.45) is 0.0322. The molecule has 2 N–H and O–H groups in total. The van der Waals surface area contributed by atoms with Gasteiger partial charge in [0.05, 0.1) is 17.6 Å². The normalized spacial score (nSPS) is 29.5. The molecule has 1 aliphatic carbocycles. The number of nitrogens with zero attached hydrogens (tertiary/aromatic N) is 3. The molecule has 1 fully saturated rings. The molecule has 7 heteroatoms. The van der Waals surface area contributed by atoms with Gasteiger partial charge >= 0.3 is 0 Å². The zero-order valence-corrected chi connectivity index (χ0v) is 18.2. The minimum absolute atomic E-state index is 0.192. The van der Waals surface area contributed by atoms with E-state index in [-0.39, 0.29) is 11.6 Å². The number of aromatic nitrogens is 1. The summed E-state index contributed by atoms with van der Waals surface area (Å²) in [5.41, 5.74) is -1.63. The third-order valence-electron chi connectivity index (χ3n) is 6.86. The van der Waals surface area contributed by atoms with Gasteiger partial charge in [-0.05, 0) is 35.4 Å². The van der Waals surface area contributed by atoms with Gasteiger partial charge in [0.1, 0.15) is 17.5 Å². The highest BCUT2D eigenvalue weighted by Crippen LogP contribution is 2.68. The average molecular weight is 441 g/mol. The molecule has 5 atom stereocenters. The van der Waals surface area contributed by atoms with Gasteiger partial charge in [-0.25, -0.2) is 0 Å². The van der Waals surface area contributed by atoms with E-state index in [1.54, 1.807) is 50.5 Å². The van der Waals surface area contributed by atoms with E-state index in [4.69, 9.17) is 4.74 Å². The molecule has 33 heavy (non-hydrogen) atoms. The van der Waals surface area contributed by atoms with Gasteiger partial charge in [-0.2, -0.15) is 5.26 Å². The number of aliphatic hydroxyl groups is 2. The standard InChI is InChI=1S/C26H23N3O4/c1-29(2)24(31)20-21(17-7-4-3-5-8-17)26(18-12-10-16(15-27)11-13-18)25(32,23(20)30)22-19(33-26)9-6-14-28-22/h3-14,20-21,23,30,32H,1-2H3. The number of ether oxygens (including phenoxy) is 1. The van der Waals surface area contributed by atoms with Crippen molar-refractivity contribution in [3.63, 3.8) is 0 Å². The maximum atomic E-state index is 13.4. The molecule has 0 bridgehead atoms. The summed E-state index contributed by atoms with van der Waals surface area (Å²) >= 11 is 0. The second kappa shape index (κ2) is 7.41. The SMILES string of the molecule is CN(C)C(=O)C1C(O)C2(O)c3ncccc3OC2(c2ccc(C#N)cc2)C1c1ccccc1. The fraction of sp³-hybridized carbons (Fsp3) is 0.269. The summed E-state index contributed by atoms with van der Waals surface area (Å²) < 4.78 is 6.55. The van der Waals surface area contributed by atoms with Crippen LogP contribution in [-0.4, -0.2) is 46.2 Å². The van der Waals surface area contributed by atoms with E-state index in [0.29, 0.717) is 16.9 Å². The summed E-state index contributed by atoms with van der Waals surface area (Å²) in [5.74, 6) is -1.72. The maximum Gasteiger partial charge on any atom is 0.228 e. The molecule has 166 valence electrons. The molecule has 2 aromatic carbocycles. The van der Waals surface area contributed by atoms with Crippen LogP contribution in [0.2, 0.25) is 0 Å². The summed E-state index contributed by atoms with van der Waals surface area (Å²) in [4.78, 5) is 19.2. The molecule has 2 heterocycles. The first-order chi connectivity index (χ1) is 15.9. The van der Waals surface area contributed by atoms with Gasteiger partial charge < -0.3 is 19.8 Å². The van der Waals surface area contributed by atoms with Gasteiger partial charge in [-0.1, -0.05) is 42.5 Å². The molecule has 1 aromatic heterocycles. The number of nitriles is 1. The Kier molecular flexibility index (Phi) is 4.74. The first kappa shape index (κ1) is 21.1. The molecular weight excluding hydrogens is 418 g/mol. The molecule has 0 radical (unpaired) electrons. The van der Waals surface area contributed by atoms with E-state index in [0.717, 1.165) is 5.56 Å². The molecule has 1 aliphatic heterocycles. The molecule has 1 saturated carbocycles. The number of carbonyl (C=O) groups is 1. The lowest BCUT2D eigenvalue weighted by Crippen LogP contribution is -2.52. The molecule has 3 aromatic rings. The Labute approximate surface area is 191 Å². The smallest absolute Gasteiger partial charge is 0.228 e. The molecule has 0 spiro atoms. The number of rotatable bonds is 3. The summed E-state index contributed by atoms with van der Waals surface area (Å²) in [6, 6.07) is 21.5. The maximum absolute atomic E-state index is 13.4. The number of hydrogen-bond acceptors (Lipinski definition) is 6. The predicted octanol–water partition coefficient (Wildman–Crippen LogP) is 2.29. The van der Waals surface area contributed by atoms with Crippen molar-refractivity contribution < 1.29 is 19.7 Å². The van der Waals surface area contributed by atoms with Crippen LogP contribution in [0.1, 0.15) is 28.3 Å². The van der Waals surface area contributed by atoms with Crippen LogP contribution in [-0.2, 0) is 16.0 Å². The largest absolute Gasteiger partial charge is 0.476 e. The Morgan fingerprint density at radius 1 is 1.09 bits per heavy atom. The fourth-order valence-corrected chi connectivity index (χ4v) is 5.47. The Hall–Kier alpha value is -3.73. The number of hydrogen-bond donors (Lipinski definition) is 2. The lowest BCUT2D eigenvalue weighted by atomic mass is 9.71. The fourth-order valence-electron chi connectivity index (χ4n) is 5.47. The highest BCUT2D eigenvalue weighted by molar-refractivity contribution is 5.82. The molecular formula is C26H23N3O4. The van der Waals surface area contributed by atoms with Crippen LogP contribution in [0, 0.1) is 17.2 Å². The van der Waals surface area contributed by atoms with Crippen molar-refractivity contribution in [1.29, 1.82) is 5.26 Å². The van der Waals surface area contributed by atoms with Crippen molar-refractivity contribution in [3.05, 3.63) is 95.3 Å². The second-order valence-corrected chi connectivity index (χ2v) is 8.74. The van der Waals surface area contributed by atoms with E-state index in [1.165, 1.54) is 11.1 Å². The molecule has 0 saturated heterocycles. The van der Waals surface area contributed by atoms with Crippen LogP contribution in [0.25, 0.3) is 0 Å². The summed E-state index contributed by atoms with van der Waals surface area (Å²) in [5, 5.41) is 33.3. The zero-order valence-electron chi connectivity index (χ0n) is 18.2. The number of aliphatic hydroxyl groups excluding tert-OH is 1. The van der Waals surface area contributed by atoms with Crippen LogP contribution in [0.5, 0.6) is 5.75 Å². The van der Waals surface area contributed by atoms with Crippen molar-refractivity contribution in [2.75, 3.05) is 14.1 Å². The van der Waals surface area contributed by atoms with Crippen molar-refractivity contribution in [3.8, 4) is 11.8 Å². The highest BCUT2D eigenvalue weighted by atomic mass is 16.5. The average Bonchev–Trinajstić information content (AvgIpc) is 3.22. The van der Waals surface area contributed by atoms with Crippen molar-refractivity contribution in [2.45, 2.75) is 23.2 Å². The number of fused-ring (bicyclic) bond motifs is 3. The van der Waals surface area contributed by atoms with Crippen molar-refractivity contribution >= 4 is 5.91 Å². The van der Waals surface area contributed by atoms with Gasteiger partial charge in [0.2, 0.25) is 5.91 Å². The third kappa shape index (κ3) is 2.68. The number of benzene rings is 2. The topological polar surface area (TPSA) is 107 Å². The number of amides is 1. The second-order valence-electron chi connectivity index (χ2n) is 8.74. The van der Waals surface area contributed by atoms with E-state index in [2.05, 4.69) is 11.1 Å². The van der Waals surface area contributed by atoms with E-state index in [9.17, 15) is 20.3 Å². The molecule has 2 aliphatic rings. The molecule has 5 unspecified atom stereocenters. The van der Waals surface area contributed by atoms with Crippen LogP contribution in [0.4, 0.5) is 0 Å². The number of carbonyl (C=O) groups excluding carboxylic acids is 1. The first-order valence-corrected chi connectivity index (χ1v) is 10.7. The van der Waals surface area contributed by atoms with Crippen LogP contribution in [0.15, 0.2) is 72.9 Å². The van der Waals surface area contributed by atoms with Crippen molar-refractivity contribution in [1.82, 2.24) is 9.88 Å². The van der Waals surface area contributed by atoms with E-state index in [1.807, 2.05) is 30.3 Å². The quantitative estimate of drug-likeness (QED) is 0.646. The lowest BCUT2D eigenvalue weighted by Gasteiger charge is -2.40. The third-order valence-corrected chi connectivity index (χ3v) is 6.86. The Balaban J connectivity index is 1.86. The molecule has 1 amide bonds. The van der Waals surface area contributed by atoms with Gasteiger partial charge in [-0.3, -0.25) is 9.78 Å². The van der Waals surface area contributed by atoms with Gasteiger partial charge in [-0.15, -0.1) is 0 Å². The highest BCUT2D eigenvalue weighted by Gasteiger charge is 2.78. The summed E-state index contributed by atoms with van der Waals surface area (Å²) in [6.45, 7) is 0. The molecule has 5 rings (SSSR count).